The highest BCUT2D eigenvalue weighted by Gasteiger charge is 2.15. The summed E-state index contributed by atoms with van der Waals surface area (Å²) in [6, 6.07) is 8.25. The highest BCUT2D eigenvalue weighted by Crippen LogP contribution is 2.27. The number of aliphatic hydroxyl groups excluding tert-OH is 2. The van der Waals surface area contributed by atoms with Gasteiger partial charge in [0.15, 0.2) is 0 Å². The van der Waals surface area contributed by atoms with E-state index in [-0.39, 0.29) is 6.61 Å². The molecule has 0 aliphatic carbocycles. The van der Waals surface area contributed by atoms with Gasteiger partial charge in [0, 0.05) is 30.4 Å². The van der Waals surface area contributed by atoms with E-state index in [2.05, 4.69) is 18.7 Å². The van der Waals surface area contributed by atoms with Crippen LogP contribution in [-0.2, 0) is 0 Å². The third kappa shape index (κ3) is 3.72. The van der Waals surface area contributed by atoms with Crippen molar-refractivity contribution in [3.05, 3.63) is 29.8 Å². The summed E-state index contributed by atoms with van der Waals surface area (Å²) in [5.74, 6) is 0. The van der Waals surface area contributed by atoms with E-state index < -0.39 is 6.10 Å². The molecule has 0 spiro atoms. The molecule has 1 aromatic carbocycles. The van der Waals surface area contributed by atoms with Crippen LogP contribution < -0.4 is 4.90 Å². The van der Waals surface area contributed by atoms with Crippen molar-refractivity contribution in [3.8, 4) is 0 Å². The van der Waals surface area contributed by atoms with Crippen LogP contribution >= 0.6 is 0 Å². The number of rotatable bonds is 6. The smallest absolute Gasteiger partial charge is 0.0781 e. The summed E-state index contributed by atoms with van der Waals surface area (Å²) in [6.07, 6.45) is 0.272. The second-order valence-electron chi connectivity index (χ2n) is 4.60. The number of aliphatic hydroxyl groups is 2. The third-order valence-corrected chi connectivity index (χ3v) is 2.88. The summed E-state index contributed by atoms with van der Waals surface area (Å²) in [5, 5.41) is 18.7. The van der Waals surface area contributed by atoms with E-state index in [0.29, 0.717) is 6.04 Å². The molecule has 17 heavy (non-hydrogen) atoms. The van der Waals surface area contributed by atoms with E-state index in [9.17, 15) is 5.11 Å². The molecule has 0 aliphatic heterocycles. The number of para-hydroxylation sites is 1. The van der Waals surface area contributed by atoms with Gasteiger partial charge in [0.25, 0.3) is 0 Å². The Kier molecular flexibility index (Phi) is 5.45. The van der Waals surface area contributed by atoms with Gasteiger partial charge < -0.3 is 15.1 Å². The first-order valence-corrected chi connectivity index (χ1v) is 6.22. The zero-order chi connectivity index (χ0) is 12.8. The maximum atomic E-state index is 9.78. The predicted molar refractivity (Wildman–Crippen MR) is 71.3 cm³/mol. The van der Waals surface area contributed by atoms with Crippen molar-refractivity contribution in [2.75, 3.05) is 18.1 Å². The van der Waals surface area contributed by atoms with E-state index in [1.54, 1.807) is 6.92 Å². The Labute approximate surface area is 104 Å². The fraction of sp³-hybridized carbons (Fsp3) is 0.571. The molecule has 3 heteroatoms. The summed E-state index contributed by atoms with van der Waals surface area (Å²) in [5.41, 5.74) is 2.00. The molecule has 0 amide bonds. The number of benzene rings is 1. The van der Waals surface area contributed by atoms with Crippen molar-refractivity contribution in [2.24, 2.45) is 0 Å². The minimum absolute atomic E-state index is 0.195. The summed E-state index contributed by atoms with van der Waals surface area (Å²) < 4.78 is 0. The SMILES string of the molecule is CC(C)N(CCCO)c1ccccc1[C@H](C)O. The molecule has 0 heterocycles. The number of hydrogen-bond donors (Lipinski definition) is 2. The molecule has 96 valence electrons. The highest BCUT2D eigenvalue weighted by atomic mass is 16.3. The number of nitrogens with zero attached hydrogens (tertiary/aromatic N) is 1. The third-order valence-electron chi connectivity index (χ3n) is 2.88. The molecule has 1 rings (SSSR count). The largest absolute Gasteiger partial charge is 0.396 e. The van der Waals surface area contributed by atoms with Crippen LogP contribution in [0.4, 0.5) is 5.69 Å². The van der Waals surface area contributed by atoms with Crippen molar-refractivity contribution in [1.82, 2.24) is 0 Å². The Balaban J connectivity index is 3.00. The molecule has 2 N–H and O–H groups in total. The summed E-state index contributed by atoms with van der Waals surface area (Å²) in [6.45, 7) is 7.02. The molecule has 0 saturated heterocycles. The molecule has 0 unspecified atom stereocenters. The van der Waals surface area contributed by atoms with Crippen LogP contribution in [0.3, 0.4) is 0 Å². The molecular formula is C14H23NO2. The second-order valence-corrected chi connectivity index (χ2v) is 4.60. The van der Waals surface area contributed by atoms with Crippen molar-refractivity contribution in [1.29, 1.82) is 0 Å². The number of hydrogen-bond acceptors (Lipinski definition) is 3. The van der Waals surface area contributed by atoms with E-state index in [1.807, 2.05) is 24.3 Å². The Morgan fingerprint density at radius 1 is 1.18 bits per heavy atom. The molecule has 0 aromatic heterocycles. The topological polar surface area (TPSA) is 43.7 Å². The first-order valence-electron chi connectivity index (χ1n) is 6.22. The Morgan fingerprint density at radius 2 is 1.82 bits per heavy atom. The van der Waals surface area contributed by atoms with Gasteiger partial charge >= 0.3 is 0 Å². The average Bonchev–Trinajstić information content (AvgIpc) is 2.29. The lowest BCUT2D eigenvalue weighted by Gasteiger charge is -2.31. The van der Waals surface area contributed by atoms with Gasteiger partial charge in [-0.3, -0.25) is 0 Å². The monoisotopic (exact) mass is 237 g/mol. The van der Waals surface area contributed by atoms with Crippen LogP contribution in [0.1, 0.15) is 38.9 Å². The molecular weight excluding hydrogens is 214 g/mol. The zero-order valence-electron chi connectivity index (χ0n) is 10.9. The summed E-state index contributed by atoms with van der Waals surface area (Å²) in [7, 11) is 0. The molecule has 0 radical (unpaired) electrons. The first-order chi connectivity index (χ1) is 8.07. The van der Waals surface area contributed by atoms with Crippen molar-refractivity contribution < 1.29 is 10.2 Å². The lowest BCUT2D eigenvalue weighted by molar-refractivity contribution is 0.199. The van der Waals surface area contributed by atoms with Gasteiger partial charge in [0.05, 0.1) is 6.10 Å². The van der Waals surface area contributed by atoms with Gasteiger partial charge in [0.1, 0.15) is 0 Å². The average molecular weight is 237 g/mol. The summed E-state index contributed by atoms with van der Waals surface area (Å²) >= 11 is 0. The van der Waals surface area contributed by atoms with Crippen LogP contribution in [0.5, 0.6) is 0 Å². The lowest BCUT2D eigenvalue weighted by atomic mass is 10.1. The Hall–Kier alpha value is -1.06. The standard InChI is InChI=1S/C14H23NO2/c1-11(2)15(9-6-10-16)14-8-5-4-7-13(14)12(3)17/h4-5,7-8,11-12,16-17H,6,9-10H2,1-3H3/t12-/m0/s1. The van der Waals surface area contributed by atoms with E-state index in [0.717, 1.165) is 24.2 Å². The minimum atomic E-state index is -0.471. The quantitative estimate of drug-likeness (QED) is 0.798. The van der Waals surface area contributed by atoms with E-state index in [4.69, 9.17) is 5.11 Å². The fourth-order valence-electron chi connectivity index (χ4n) is 2.00. The van der Waals surface area contributed by atoms with Gasteiger partial charge in [-0.2, -0.15) is 0 Å². The molecule has 0 saturated carbocycles. The van der Waals surface area contributed by atoms with Gasteiger partial charge in [0.2, 0.25) is 0 Å². The molecule has 1 aromatic rings. The highest BCUT2D eigenvalue weighted by molar-refractivity contribution is 5.55. The zero-order valence-corrected chi connectivity index (χ0v) is 10.9. The van der Waals surface area contributed by atoms with Crippen LogP contribution in [0.25, 0.3) is 0 Å². The molecule has 1 atom stereocenters. The minimum Gasteiger partial charge on any atom is -0.396 e. The van der Waals surface area contributed by atoms with Crippen LogP contribution in [0.15, 0.2) is 24.3 Å². The molecule has 0 bridgehead atoms. The fourth-order valence-corrected chi connectivity index (χ4v) is 2.00. The van der Waals surface area contributed by atoms with Gasteiger partial charge in [-0.15, -0.1) is 0 Å². The Morgan fingerprint density at radius 3 is 2.35 bits per heavy atom. The van der Waals surface area contributed by atoms with E-state index >= 15 is 0 Å². The van der Waals surface area contributed by atoms with Crippen molar-refractivity contribution in [2.45, 2.75) is 39.3 Å². The molecule has 0 fully saturated rings. The van der Waals surface area contributed by atoms with E-state index in [1.165, 1.54) is 0 Å². The van der Waals surface area contributed by atoms with Crippen LogP contribution in [-0.4, -0.2) is 29.4 Å². The maximum Gasteiger partial charge on any atom is 0.0781 e. The second kappa shape index (κ2) is 6.62. The van der Waals surface area contributed by atoms with Crippen LogP contribution in [0.2, 0.25) is 0 Å². The van der Waals surface area contributed by atoms with Gasteiger partial charge in [-0.1, -0.05) is 18.2 Å². The number of anilines is 1. The van der Waals surface area contributed by atoms with Crippen LogP contribution in [0, 0.1) is 0 Å². The van der Waals surface area contributed by atoms with Crippen molar-refractivity contribution in [3.63, 3.8) is 0 Å². The normalized spacial score (nSPS) is 12.8. The van der Waals surface area contributed by atoms with Crippen molar-refractivity contribution >= 4 is 5.69 Å². The maximum absolute atomic E-state index is 9.78. The molecule has 3 nitrogen and oxygen atoms in total. The predicted octanol–water partition coefficient (Wildman–Crippen LogP) is 2.34. The molecule has 0 aliphatic rings. The Bertz CT molecular complexity index is 337. The summed E-state index contributed by atoms with van der Waals surface area (Å²) in [4.78, 5) is 2.22. The lowest BCUT2D eigenvalue weighted by Crippen LogP contribution is -2.33. The van der Waals surface area contributed by atoms with Gasteiger partial charge in [-0.25, -0.2) is 0 Å². The first kappa shape index (κ1) is 14.0. The van der Waals surface area contributed by atoms with Gasteiger partial charge in [-0.05, 0) is 33.3 Å².